The van der Waals surface area contributed by atoms with Gasteiger partial charge in [0.25, 0.3) is 11.8 Å². The first-order chi connectivity index (χ1) is 12.1. The smallest absolute Gasteiger partial charge is 0.262 e. The molecule has 0 heterocycles. The Bertz CT molecular complexity index is 714. The lowest BCUT2D eigenvalue weighted by Gasteiger charge is -2.09. The van der Waals surface area contributed by atoms with Gasteiger partial charge < -0.3 is 20.1 Å². The number of benzene rings is 2. The molecule has 0 saturated carbocycles. The van der Waals surface area contributed by atoms with Crippen LogP contribution in [0.1, 0.15) is 23.7 Å². The number of amides is 2. The summed E-state index contributed by atoms with van der Waals surface area (Å²) in [5.74, 6) is 0.783. The third kappa shape index (κ3) is 5.84. The molecule has 0 radical (unpaired) electrons. The SMILES string of the molecule is CCCNC(=O)c1ccc(OCC(=O)Nc2cccc(OC)c2)cc1. The first-order valence-corrected chi connectivity index (χ1v) is 8.07. The summed E-state index contributed by atoms with van der Waals surface area (Å²) in [6.07, 6.45) is 0.884. The third-order valence-electron chi connectivity index (χ3n) is 3.38. The Labute approximate surface area is 147 Å². The highest BCUT2D eigenvalue weighted by Gasteiger charge is 2.07. The Morgan fingerprint density at radius 3 is 2.48 bits per heavy atom. The van der Waals surface area contributed by atoms with Crippen molar-refractivity contribution in [3.05, 3.63) is 54.1 Å². The molecule has 0 spiro atoms. The van der Waals surface area contributed by atoms with E-state index in [1.54, 1.807) is 55.6 Å². The molecule has 0 aliphatic rings. The van der Waals surface area contributed by atoms with Gasteiger partial charge in [-0.3, -0.25) is 9.59 Å². The van der Waals surface area contributed by atoms with Crippen LogP contribution in [-0.4, -0.2) is 32.1 Å². The summed E-state index contributed by atoms with van der Waals surface area (Å²) in [7, 11) is 1.57. The van der Waals surface area contributed by atoms with Crippen molar-refractivity contribution in [2.45, 2.75) is 13.3 Å². The number of hydrogen-bond donors (Lipinski definition) is 2. The van der Waals surface area contributed by atoms with E-state index in [0.29, 0.717) is 29.3 Å². The molecule has 0 saturated heterocycles. The van der Waals surface area contributed by atoms with Gasteiger partial charge in [0.05, 0.1) is 7.11 Å². The average Bonchev–Trinajstić information content (AvgIpc) is 2.65. The molecule has 0 bridgehead atoms. The van der Waals surface area contributed by atoms with Crippen LogP contribution in [0.15, 0.2) is 48.5 Å². The summed E-state index contributed by atoms with van der Waals surface area (Å²) in [6, 6.07) is 13.7. The number of methoxy groups -OCH3 is 1. The zero-order chi connectivity index (χ0) is 18.1. The van der Waals surface area contributed by atoms with E-state index in [2.05, 4.69) is 10.6 Å². The molecule has 2 aromatic carbocycles. The van der Waals surface area contributed by atoms with Gasteiger partial charge in [-0.25, -0.2) is 0 Å². The molecule has 2 amide bonds. The second-order valence-corrected chi connectivity index (χ2v) is 5.35. The maximum Gasteiger partial charge on any atom is 0.262 e. The largest absolute Gasteiger partial charge is 0.497 e. The molecule has 0 unspecified atom stereocenters. The van der Waals surface area contributed by atoms with Gasteiger partial charge in [-0.15, -0.1) is 0 Å². The van der Waals surface area contributed by atoms with Crippen LogP contribution in [0, 0.1) is 0 Å². The summed E-state index contributed by atoms with van der Waals surface area (Å²) in [6.45, 7) is 2.51. The molecule has 0 atom stereocenters. The normalized spacial score (nSPS) is 10.0. The Morgan fingerprint density at radius 2 is 1.80 bits per heavy atom. The van der Waals surface area contributed by atoms with Crippen molar-refractivity contribution in [2.24, 2.45) is 0 Å². The summed E-state index contributed by atoms with van der Waals surface area (Å²) in [4.78, 5) is 23.7. The lowest BCUT2D eigenvalue weighted by molar-refractivity contribution is -0.118. The second-order valence-electron chi connectivity index (χ2n) is 5.35. The lowest BCUT2D eigenvalue weighted by Crippen LogP contribution is -2.23. The average molecular weight is 342 g/mol. The van der Waals surface area contributed by atoms with Crippen LogP contribution in [0.4, 0.5) is 5.69 Å². The molecule has 132 valence electrons. The standard InChI is InChI=1S/C19H22N2O4/c1-3-11-20-19(23)14-7-9-16(10-8-14)25-13-18(22)21-15-5-4-6-17(12-15)24-2/h4-10,12H,3,11,13H2,1-2H3,(H,20,23)(H,21,22). The number of carbonyl (C=O) groups is 2. The molecule has 6 heteroatoms. The second kappa shape index (κ2) is 9.32. The molecule has 2 rings (SSSR count). The van der Waals surface area contributed by atoms with E-state index in [9.17, 15) is 9.59 Å². The Kier molecular flexibility index (Phi) is 6.83. The molecular weight excluding hydrogens is 320 g/mol. The minimum absolute atomic E-state index is 0.121. The molecule has 0 fully saturated rings. The lowest BCUT2D eigenvalue weighted by atomic mass is 10.2. The molecule has 2 aromatic rings. The van der Waals surface area contributed by atoms with Gasteiger partial charge in [0.1, 0.15) is 11.5 Å². The molecule has 0 aliphatic heterocycles. The van der Waals surface area contributed by atoms with Crippen LogP contribution in [0.5, 0.6) is 11.5 Å². The van der Waals surface area contributed by atoms with Crippen LogP contribution in [0.2, 0.25) is 0 Å². The highest BCUT2D eigenvalue weighted by Crippen LogP contribution is 2.17. The van der Waals surface area contributed by atoms with E-state index in [4.69, 9.17) is 9.47 Å². The highest BCUT2D eigenvalue weighted by molar-refractivity contribution is 5.94. The number of rotatable bonds is 8. The monoisotopic (exact) mass is 342 g/mol. The van der Waals surface area contributed by atoms with Gasteiger partial charge in [-0.1, -0.05) is 13.0 Å². The topological polar surface area (TPSA) is 76.7 Å². The first kappa shape index (κ1) is 18.3. The molecule has 0 aromatic heterocycles. The number of ether oxygens (including phenoxy) is 2. The molecule has 2 N–H and O–H groups in total. The number of nitrogens with one attached hydrogen (secondary N) is 2. The van der Waals surface area contributed by atoms with Crippen LogP contribution >= 0.6 is 0 Å². The number of hydrogen-bond acceptors (Lipinski definition) is 4. The highest BCUT2D eigenvalue weighted by atomic mass is 16.5. The predicted molar refractivity (Wildman–Crippen MR) is 96.2 cm³/mol. The first-order valence-electron chi connectivity index (χ1n) is 8.07. The fraction of sp³-hybridized carbons (Fsp3) is 0.263. The number of carbonyl (C=O) groups excluding carboxylic acids is 2. The molecule has 6 nitrogen and oxygen atoms in total. The van der Waals surface area contributed by atoms with E-state index < -0.39 is 0 Å². The van der Waals surface area contributed by atoms with Crippen molar-refractivity contribution >= 4 is 17.5 Å². The van der Waals surface area contributed by atoms with Gasteiger partial charge in [0.2, 0.25) is 0 Å². The van der Waals surface area contributed by atoms with Crippen LogP contribution in [-0.2, 0) is 4.79 Å². The van der Waals surface area contributed by atoms with Gasteiger partial charge in [0.15, 0.2) is 6.61 Å². The fourth-order valence-electron chi connectivity index (χ4n) is 2.09. The van der Waals surface area contributed by atoms with E-state index >= 15 is 0 Å². The van der Waals surface area contributed by atoms with E-state index in [0.717, 1.165) is 6.42 Å². The van der Waals surface area contributed by atoms with Crippen LogP contribution in [0.3, 0.4) is 0 Å². The fourth-order valence-corrected chi connectivity index (χ4v) is 2.09. The summed E-state index contributed by atoms with van der Waals surface area (Å²) in [5, 5.41) is 5.53. The van der Waals surface area contributed by atoms with Gasteiger partial charge in [-0.05, 0) is 42.8 Å². The Morgan fingerprint density at radius 1 is 1.04 bits per heavy atom. The van der Waals surface area contributed by atoms with Crippen molar-refractivity contribution in [1.82, 2.24) is 5.32 Å². The predicted octanol–water partition coefficient (Wildman–Crippen LogP) is 2.85. The van der Waals surface area contributed by atoms with Crippen LogP contribution < -0.4 is 20.1 Å². The Hall–Kier alpha value is -3.02. The van der Waals surface area contributed by atoms with Crippen LogP contribution in [0.25, 0.3) is 0 Å². The Balaban J connectivity index is 1.84. The van der Waals surface area contributed by atoms with Crippen molar-refractivity contribution in [3.8, 4) is 11.5 Å². The van der Waals surface area contributed by atoms with E-state index in [1.807, 2.05) is 6.92 Å². The van der Waals surface area contributed by atoms with Crippen molar-refractivity contribution in [2.75, 3.05) is 25.6 Å². The van der Waals surface area contributed by atoms with Crippen molar-refractivity contribution in [1.29, 1.82) is 0 Å². The minimum Gasteiger partial charge on any atom is -0.497 e. The third-order valence-corrected chi connectivity index (χ3v) is 3.38. The zero-order valence-electron chi connectivity index (χ0n) is 14.4. The maximum atomic E-state index is 11.9. The van der Waals surface area contributed by atoms with Crippen molar-refractivity contribution in [3.63, 3.8) is 0 Å². The summed E-state index contributed by atoms with van der Waals surface area (Å²) >= 11 is 0. The molecule has 25 heavy (non-hydrogen) atoms. The zero-order valence-corrected chi connectivity index (χ0v) is 14.4. The van der Waals surface area contributed by atoms with Gasteiger partial charge >= 0.3 is 0 Å². The molecular formula is C19H22N2O4. The van der Waals surface area contributed by atoms with Gasteiger partial charge in [0, 0.05) is 23.9 Å². The summed E-state index contributed by atoms with van der Waals surface area (Å²) < 4.78 is 10.5. The van der Waals surface area contributed by atoms with E-state index in [-0.39, 0.29) is 18.4 Å². The van der Waals surface area contributed by atoms with Crippen molar-refractivity contribution < 1.29 is 19.1 Å². The summed E-state index contributed by atoms with van der Waals surface area (Å²) in [5.41, 5.74) is 1.19. The maximum absolute atomic E-state index is 11.9. The van der Waals surface area contributed by atoms with Gasteiger partial charge in [-0.2, -0.15) is 0 Å². The molecule has 0 aliphatic carbocycles. The van der Waals surface area contributed by atoms with E-state index in [1.165, 1.54) is 0 Å². The minimum atomic E-state index is -0.280. The quantitative estimate of drug-likeness (QED) is 0.773. The number of anilines is 1.